The number of hydrogen-bond acceptors (Lipinski definition) is 3. The maximum absolute atomic E-state index is 13.0. The van der Waals surface area contributed by atoms with E-state index in [0.29, 0.717) is 0 Å². The first-order valence-electron chi connectivity index (χ1n) is 7.45. The minimum atomic E-state index is -5.01. The molecule has 0 aromatic heterocycles. The van der Waals surface area contributed by atoms with Crippen molar-refractivity contribution < 1.29 is 35.9 Å². The van der Waals surface area contributed by atoms with Crippen LogP contribution < -0.4 is 10.1 Å². The fourth-order valence-corrected chi connectivity index (χ4v) is 2.15. The topological polar surface area (TPSA) is 62.1 Å². The van der Waals surface area contributed by atoms with Crippen molar-refractivity contribution in [3.63, 3.8) is 0 Å². The van der Waals surface area contributed by atoms with Crippen LogP contribution in [-0.2, 0) is 11.0 Å². The van der Waals surface area contributed by atoms with E-state index in [1.165, 1.54) is 24.3 Å². The van der Waals surface area contributed by atoms with Crippen molar-refractivity contribution in [2.45, 2.75) is 12.5 Å². The number of nitrogens with zero attached hydrogens (tertiary/aromatic N) is 1. The van der Waals surface area contributed by atoms with Gasteiger partial charge in [0, 0.05) is 5.56 Å². The van der Waals surface area contributed by atoms with Crippen LogP contribution >= 0.6 is 0 Å². The summed E-state index contributed by atoms with van der Waals surface area (Å²) >= 11 is 0. The Balaban J connectivity index is 2.35. The highest BCUT2D eigenvalue weighted by atomic mass is 19.4. The molecule has 0 heterocycles. The normalized spacial score (nSPS) is 12.2. The first-order chi connectivity index (χ1) is 13.0. The highest BCUT2D eigenvalue weighted by Crippen LogP contribution is 2.35. The van der Waals surface area contributed by atoms with Gasteiger partial charge in [-0.1, -0.05) is 30.3 Å². The standard InChI is InChI=1S/C18H10F6N2O2/c19-17(20,21)13-6-2-3-7-14(13)26-16(27)12(10-25)9-11-5-1-4-8-15(11)28-18(22,23)24/h1-9H,(H,26,27)/b12-9+. The van der Waals surface area contributed by atoms with Crippen LogP contribution in [0.3, 0.4) is 0 Å². The number of halogens is 6. The summed E-state index contributed by atoms with van der Waals surface area (Å²) in [5.41, 5.74) is -2.70. The lowest BCUT2D eigenvalue weighted by Gasteiger charge is -2.13. The number of rotatable bonds is 4. The van der Waals surface area contributed by atoms with Gasteiger partial charge in [-0.2, -0.15) is 18.4 Å². The summed E-state index contributed by atoms with van der Waals surface area (Å²) in [4.78, 5) is 12.2. The Morgan fingerprint density at radius 1 is 1.00 bits per heavy atom. The Labute approximate surface area is 154 Å². The van der Waals surface area contributed by atoms with Crippen molar-refractivity contribution in [3.8, 4) is 11.8 Å². The van der Waals surface area contributed by atoms with Crippen LogP contribution in [0.2, 0.25) is 0 Å². The van der Waals surface area contributed by atoms with E-state index in [0.717, 1.165) is 36.4 Å². The number of anilines is 1. The number of carbonyl (C=O) groups is 1. The lowest BCUT2D eigenvalue weighted by molar-refractivity contribution is -0.274. The zero-order valence-corrected chi connectivity index (χ0v) is 13.7. The summed E-state index contributed by atoms with van der Waals surface area (Å²) in [5, 5.41) is 11.1. The summed E-state index contributed by atoms with van der Waals surface area (Å²) < 4.78 is 80.1. The number of para-hydroxylation sites is 2. The second-order valence-electron chi connectivity index (χ2n) is 5.25. The van der Waals surface area contributed by atoms with E-state index < -0.39 is 41.0 Å². The van der Waals surface area contributed by atoms with Gasteiger partial charge in [0.25, 0.3) is 5.91 Å². The van der Waals surface area contributed by atoms with Gasteiger partial charge in [-0.05, 0) is 24.3 Å². The minimum Gasteiger partial charge on any atom is -0.405 e. The fourth-order valence-electron chi connectivity index (χ4n) is 2.15. The van der Waals surface area contributed by atoms with Gasteiger partial charge in [0.2, 0.25) is 0 Å². The maximum atomic E-state index is 13.0. The molecule has 0 aliphatic rings. The van der Waals surface area contributed by atoms with Crippen molar-refractivity contribution in [3.05, 3.63) is 65.2 Å². The van der Waals surface area contributed by atoms with Gasteiger partial charge in [-0.15, -0.1) is 13.2 Å². The lowest BCUT2D eigenvalue weighted by atomic mass is 10.1. The monoisotopic (exact) mass is 400 g/mol. The third-order valence-electron chi connectivity index (χ3n) is 3.29. The van der Waals surface area contributed by atoms with Crippen molar-refractivity contribution in [2.24, 2.45) is 0 Å². The molecule has 0 atom stereocenters. The lowest BCUT2D eigenvalue weighted by Crippen LogP contribution is -2.18. The molecular formula is C18H10F6N2O2. The summed E-state index contributed by atoms with van der Waals surface area (Å²) in [5.74, 6) is -1.90. The molecular weight excluding hydrogens is 390 g/mol. The Morgan fingerprint density at radius 3 is 2.21 bits per heavy atom. The SMILES string of the molecule is N#C/C(=C\c1ccccc1OC(F)(F)F)C(=O)Nc1ccccc1C(F)(F)F. The second-order valence-corrected chi connectivity index (χ2v) is 5.25. The van der Waals surface area contributed by atoms with Gasteiger partial charge in [0.15, 0.2) is 0 Å². The molecule has 4 nitrogen and oxygen atoms in total. The molecule has 0 saturated carbocycles. The largest absolute Gasteiger partial charge is 0.573 e. The predicted octanol–water partition coefficient (Wildman–Crippen LogP) is 5.15. The van der Waals surface area contributed by atoms with Crippen molar-refractivity contribution >= 4 is 17.7 Å². The van der Waals surface area contributed by atoms with Crippen LogP contribution in [-0.4, -0.2) is 12.3 Å². The molecule has 0 unspecified atom stereocenters. The molecule has 146 valence electrons. The number of ether oxygens (including phenoxy) is 1. The van der Waals surface area contributed by atoms with Crippen LogP contribution in [0.15, 0.2) is 54.1 Å². The summed E-state index contributed by atoms with van der Waals surface area (Å²) in [6.45, 7) is 0. The Morgan fingerprint density at radius 2 is 1.61 bits per heavy atom. The van der Waals surface area contributed by atoms with Gasteiger partial charge in [-0.3, -0.25) is 4.79 Å². The predicted molar refractivity (Wildman–Crippen MR) is 86.8 cm³/mol. The molecule has 2 aromatic rings. The van der Waals surface area contributed by atoms with Crippen molar-refractivity contribution in [2.75, 3.05) is 5.32 Å². The van der Waals surface area contributed by atoms with Gasteiger partial charge in [-0.25, -0.2) is 0 Å². The zero-order chi connectivity index (χ0) is 20.9. The van der Waals surface area contributed by atoms with E-state index in [9.17, 15) is 31.1 Å². The van der Waals surface area contributed by atoms with E-state index in [-0.39, 0.29) is 5.56 Å². The molecule has 0 saturated heterocycles. The van der Waals surface area contributed by atoms with E-state index in [2.05, 4.69) is 4.74 Å². The molecule has 2 aromatic carbocycles. The molecule has 28 heavy (non-hydrogen) atoms. The molecule has 0 bridgehead atoms. The minimum absolute atomic E-state index is 0.254. The number of amides is 1. The zero-order valence-electron chi connectivity index (χ0n) is 13.7. The highest BCUT2D eigenvalue weighted by Gasteiger charge is 2.34. The second kappa shape index (κ2) is 8.04. The quantitative estimate of drug-likeness (QED) is 0.439. The molecule has 0 aliphatic carbocycles. The van der Waals surface area contributed by atoms with Crippen LogP contribution in [0.4, 0.5) is 32.0 Å². The molecule has 10 heteroatoms. The van der Waals surface area contributed by atoms with Crippen LogP contribution in [0.1, 0.15) is 11.1 Å². The number of hydrogen-bond donors (Lipinski definition) is 1. The smallest absolute Gasteiger partial charge is 0.405 e. The number of carbonyl (C=O) groups excluding carboxylic acids is 1. The van der Waals surface area contributed by atoms with E-state index in [1.807, 2.05) is 5.32 Å². The molecule has 0 fully saturated rings. The van der Waals surface area contributed by atoms with Gasteiger partial charge < -0.3 is 10.1 Å². The van der Waals surface area contributed by atoms with E-state index in [1.54, 1.807) is 0 Å². The number of alkyl halides is 6. The summed E-state index contributed by atoms with van der Waals surface area (Å²) in [6, 6.07) is 10.2. The summed E-state index contributed by atoms with van der Waals surface area (Å²) in [6.07, 6.45) is -8.98. The molecule has 1 N–H and O–H groups in total. The number of nitriles is 1. The average molecular weight is 400 g/mol. The first-order valence-corrected chi connectivity index (χ1v) is 7.45. The van der Waals surface area contributed by atoms with Gasteiger partial charge in [0.05, 0.1) is 11.3 Å². The van der Waals surface area contributed by atoms with Gasteiger partial charge >= 0.3 is 12.5 Å². The third kappa shape index (κ3) is 5.51. The molecule has 1 amide bonds. The molecule has 0 spiro atoms. The average Bonchev–Trinajstić information content (AvgIpc) is 2.59. The van der Waals surface area contributed by atoms with Crippen LogP contribution in [0.5, 0.6) is 5.75 Å². The molecule has 0 aliphatic heterocycles. The van der Waals surface area contributed by atoms with Crippen LogP contribution in [0, 0.1) is 11.3 Å². The van der Waals surface area contributed by atoms with E-state index >= 15 is 0 Å². The number of benzene rings is 2. The highest BCUT2D eigenvalue weighted by molar-refractivity contribution is 6.10. The number of nitrogens with one attached hydrogen (secondary N) is 1. The van der Waals surface area contributed by atoms with Gasteiger partial charge in [0.1, 0.15) is 17.4 Å². The maximum Gasteiger partial charge on any atom is 0.573 e. The first kappa shape index (κ1) is 20.8. The van der Waals surface area contributed by atoms with Crippen LogP contribution in [0.25, 0.3) is 6.08 Å². The third-order valence-corrected chi connectivity index (χ3v) is 3.29. The van der Waals surface area contributed by atoms with E-state index in [4.69, 9.17) is 5.26 Å². The Bertz CT molecular complexity index is 942. The fraction of sp³-hybridized carbons (Fsp3) is 0.111. The summed E-state index contributed by atoms with van der Waals surface area (Å²) in [7, 11) is 0. The Kier molecular flexibility index (Phi) is 5.98. The molecule has 2 rings (SSSR count). The Hall–Kier alpha value is -3.48. The van der Waals surface area contributed by atoms with Crippen molar-refractivity contribution in [1.82, 2.24) is 0 Å². The molecule has 0 radical (unpaired) electrons. The van der Waals surface area contributed by atoms with Crippen molar-refractivity contribution in [1.29, 1.82) is 5.26 Å².